The molecule has 184 valence electrons. The molecule has 0 unspecified atom stereocenters. The van der Waals surface area contributed by atoms with Crippen molar-refractivity contribution in [3.05, 3.63) is 57.5 Å². The van der Waals surface area contributed by atoms with Crippen LogP contribution in [-0.4, -0.2) is 52.7 Å². The summed E-state index contributed by atoms with van der Waals surface area (Å²) in [5.41, 5.74) is 1.78. The number of nitrogens with zero attached hydrogens (tertiary/aromatic N) is 8. The van der Waals surface area contributed by atoms with Crippen molar-refractivity contribution in [2.75, 3.05) is 13.2 Å². The molecular weight excluding hydrogens is 592 g/mol. The zero-order valence-corrected chi connectivity index (χ0v) is 22.8. The van der Waals surface area contributed by atoms with E-state index in [1.165, 1.54) is 12.7 Å². The molecule has 0 fully saturated rings. The minimum atomic E-state index is 0.439. The zero-order chi connectivity index (χ0) is 25.9. The molecule has 0 bridgehead atoms. The van der Waals surface area contributed by atoms with Gasteiger partial charge in [0.15, 0.2) is 11.6 Å². The van der Waals surface area contributed by atoms with Gasteiger partial charge in [0.05, 0.1) is 20.3 Å². The highest BCUT2D eigenvalue weighted by molar-refractivity contribution is 9.10. The third-order valence-corrected chi connectivity index (χ3v) is 5.95. The van der Waals surface area contributed by atoms with Crippen LogP contribution in [-0.2, 0) is 0 Å². The van der Waals surface area contributed by atoms with Crippen LogP contribution in [0, 0.1) is 38.5 Å². The second-order valence-electron chi connectivity index (χ2n) is 7.05. The van der Waals surface area contributed by atoms with Crippen molar-refractivity contribution >= 4 is 31.9 Å². The van der Waals surface area contributed by atoms with E-state index in [4.69, 9.17) is 22.3 Å². The van der Waals surface area contributed by atoms with E-state index in [0.717, 1.165) is 20.3 Å². The second kappa shape index (κ2) is 13.4. The Bertz CT molecular complexity index is 1240. The van der Waals surface area contributed by atoms with Crippen LogP contribution in [0.1, 0.15) is 24.2 Å². The molecule has 4 aromatic rings. The van der Waals surface area contributed by atoms with Crippen LogP contribution in [0.3, 0.4) is 0 Å². The van der Waals surface area contributed by atoms with E-state index in [1.807, 2.05) is 26.2 Å². The normalized spacial score (nSPS) is 10.1. The van der Waals surface area contributed by atoms with Crippen molar-refractivity contribution in [3.8, 4) is 48.1 Å². The van der Waals surface area contributed by atoms with Crippen LogP contribution in [0.25, 0.3) is 11.6 Å². The Hall–Kier alpha value is -3.74. The SMILES string of the molecule is C#CCCOc1cc(-n2cc(Br)c(C)n2)ncn1.C#CCCOc1cc(-n2cc(Br)c(C)n2)ncn1. The molecule has 0 saturated heterocycles. The van der Waals surface area contributed by atoms with Gasteiger partial charge in [0.2, 0.25) is 11.8 Å². The zero-order valence-electron chi connectivity index (χ0n) is 19.6. The molecule has 0 aliphatic heterocycles. The predicted molar refractivity (Wildman–Crippen MR) is 141 cm³/mol. The van der Waals surface area contributed by atoms with Gasteiger partial charge in [0.25, 0.3) is 0 Å². The van der Waals surface area contributed by atoms with Crippen LogP contribution in [0.5, 0.6) is 11.8 Å². The Morgan fingerprint density at radius 2 is 1.17 bits per heavy atom. The van der Waals surface area contributed by atoms with Gasteiger partial charge in [0, 0.05) is 37.4 Å². The number of halogens is 2. The molecular formula is C24H22Br2N8O2. The summed E-state index contributed by atoms with van der Waals surface area (Å²) in [6.45, 7) is 4.70. The van der Waals surface area contributed by atoms with Gasteiger partial charge >= 0.3 is 0 Å². The van der Waals surface area contributed by atoms with Crippen LogP contribution >= 0.6 is 31.9 Å². The van der Waals surface area contributed by atoms with E-state index in [-0.39, 0.29) is 0 Å². The summed E-state index contributed by atoms with van der Waals surface area (Å²) in [6, 6.07) is 3.44. The fraction of sp³-hybridized carbons (Fsp3) is 0.250. The summed E-state index contributed by atoms with van der Waals surface area (Å²) in [7, 11) is 0. The molecule has 12 heteroatoms. The topological polar surface area (TPSA) is 106 Å². The standard InChI is InChI=1S/2C12H11BrN4O/c2*1-3-4-5-18-12-6-11(14-8-15-12)17-7-10(13)9(2)16-17/h2*1,6-8H,4-5H2,2H3. The first-order valence-corrected chi connectivity index (χ1v) is 12.2. The lowest BCUT2D eigenvalue weighted by Crippen LogP contribution is -2.02. The monoisotopic (exact) mass is 612 g/mol. The van der Waals surface area contributed by atoms with Crippen molar-refractivity contribution in [3.63, 3.8) is 0 Å². The highest BCUT2D eigenvalue weighted by atomic mass is 79.9. The summed E-state index contributed by atoms with van der Waals surface area (Å²) in [5, 5.41) is 8.62. The van der Waals surface area contributed by atoms with Crippen molar-refractivity contribution in [1.82, 2.24) is 39.5 Å². The molecule has 0 saturated carbocycles. The van der Waals surface area contributed by atoms with Crippen molar-refractivity contribution in [1.29, 1.82) is 0 Å². The predicted octanol–water partition coefficient (Wildman–Crippen LogP) is 4.27. The number of aryl methyl sites for hydroxylation is 2. The smallest absolute Gasteiger partial charge is 0.218 e. The molecule has 4 aromatic heterocycles. The van der Waals surface area contributed by atoms with Crippen molar-refractivity contribution in [2.45, 2.75) is 26.7 Å². The van der Waals surface area contributed by atoms with E-state index in [9.17, 15) is 0 Å². The average Bonchev–Trinajstić information content (AvgIpc) is 3.40. The van der Waals surface area contributed by atoms with Crippen molar-refractivity contribution < 1.29 is 9.47 Å². The van der Waals surface area contributed by atoms with Crippen molar-refractivity contribution in [2.24, 2.45) is 0 Å². The summed E-state index contributed by atoms with van der Waals surface area (Å²) >= 11 is 6.81. The van der Waals surface area contributed by atoms with E-state index in [2.05, 4.69) is 73.8 Å². The average molecular weight is 614 g/mol. The van der Waals surface area contributed by atoms with Crippen LogP contribution in [0.2, 0.25) is 0 Å². The van der Waals surface area contributed by atoms with Crippen LogP contribution in [0.4, 0.5) is 0 Å². The Labute approximate surface area is 225 Å². The Morgan fingerprint density at radius 3 is 1.50 bits per heavy atom. The molecule has 36 heavy (non-hydrogen) atoms. The van der Waals surface area contributed by atoms with E-state index in [0.29, 0.717) is 49.5 Å². The minimum absolute atomic E-state index is 0.439. The van der Waals surface area contributed by atoms with E-state index >= 15 is 0 Å². The molecule has 0 N–H and O–H groups in total. The molecule has 0 aliphatic rings. The van der Waals surface area contributed by atoms with Gasteiger partial charge < -0.3 is 9.47 Å². The second-order valence-corrected chi connectivity index (χ2v) is 8.76. The number of hydrogen-bond donors (Lipinski definition) is 0. The first-order valence-electron chi connectivity index (χ1n) is 10.6. The number of rotatable bonds is 8. The third kappa shape index (κ3) is 7.63. The van der Waals surface area contributed by atoms with Gasteiger partial charge in [-0.05, 0) is 45.7 Å². The molecule has 0 aromatic carbocycles. The van der Waals surface area contributed by atoms with Crippen LogP contribution in [0.15, 0.2) is 46.1 Å². The first kappa shape index (κ1) is 26.9. The summed E-state index contributed by atoms with van der Waals surface area (Å²) in [5.74, 6) is 7.27. The van der Waals surface area contributed by atoms with Gasteiger partial charge in [-0.15, -0.1) is 24.7 Å². The summed E-state index contributed by atoms with van der Waals surface area (Å²) in [6.07, 6.45) is 17.9. The van der Waals surface area contributed by atoms with Gasteiger partial charge in [-0.2, -0.15) is 10.2 Å². The van der Waals surface area contributed by atoms with E-state index in [1.54, 1.807) is 21.5 Å². The third-order valence-electron chi connectivity index (χ3n) is 4.40. The van der Waals surface area contributed by atoms with Gasteiger partial charge in [-0.1, -0.05) is 0 Å². The lowest BCUT2D eigenvalue weighted by atomic mass is 10.5. The Balaban J connectivity index is 0.000000201. The minimum Gasteiger partial charge on any atom is -0.477 e. The van der Waals surface area contributed by atoms with Gasteiger partial charge in [-0.25, -0.2) is 29.3 Å². The molecule has 10 nitrogen and oxygen atoms in total. The highest BCUT2D eigenvalue weighted by Crippen LogP contribution is 2.18. The number of aromatic nitrogens is 8. The molecule has 0 radical (unpaired) electrons. The number of ether oxygens (including phenoxy) is 2. The Kier molecular flexibility index (Phi) is 9.98. The molecule has 0 atom stereocenters. The fourth-order valence-electron chi connectivity index (χ4n) is 2.61. The molecule has 4 heterocycles. The van der Waals surface area contributed by atoms with Gasteiger partial charge in [-0.3, -0.25) is 0 Å². The number of hydrogen-bond acceptors (Lipinski definition) is 8. The highest BCUT2D eigenvalue weighted by Gasteiger charge is 2.07. The Morgan fingerprint density at radius 1 is 0.750 bits per heavy atom. The lowest BCUT2D eigenvalue weighted by Gasteiger charge is -2.04. The maximum atomic E-state index is 5.40. The molecule has 4 rings (SSSR count). The maximum absolute atomic E-state index is 5.40. The molecule has 0 spiro atoms. The maximum Gasteiger partial charge on any atom is 0.218 e. The quantitative estimate of drug-likeness (QED) is 0.214. The molecule has 0 amide bonds. The van der Waals surface area contributed by atoms with Crippen LogP contribution < -0.4 is 9.47 Å². The number of terminal acetylenes is 2. The lowest BCUT2D eigenvalue weighted by molar-refractivity contribution is 0.313. The first-order chi connectivity index (χ1) is 17.4. The summed E-state index contributed by atoms with van der Waals surface area (Å²) < 4.78 is 16.0. The molecule has 0 aliphatic carbocycles. The fourth-order valence-corrected chi connectivity index (χ4v) is 3.16. The van der Waals surface area contributed by atoms with E-state index < -0.39 is 0 Å². The summed E-state index contributed by atoms with van der Waals surface area (Å²) in [4.78, 5) is 16.3. The van der Waals surface area contributed by atoms with Gasteiger partial charge in [0.1, 0.15) is 25.9 Å². The largest absolute Gasteiger partial charge is 0.477 e.